The van der Waals surface area contributed by atoms with Gasteiger partial charge in [-0.25, -0.2) is 0 Å². The van der Waals surface area contributed by atoms with E-state index in [0.717, 1.165) is 18.4 Å². The topological polar surface area (TPSA) is 9.23 Å². The normalized spacial score (nSPS) is 17.8. The molecule has 5 heteroatoms. The molecule has 0 saturated carbocycles. The fraction of sp³-hybridized carbons (Fsp3) is 1.00. The van der Waals surface area contributed by atoms with Crippen molar-refractivity contribution in [2.75, 3.05) is 18.1 Å². The minimum atomic E-state index is -1.45. The third-order valence-corrected chi connectivity index (χ3v) is 10.6. The Morgan fingerprint density at radius 2 is 1.40 bits per heavy atom. The van der Waals surface area contributed by atoms with Crippen LogP contribution in [0.3, 0.4) is 0 Å². The Bertz CT molecular complexity index is 301. The molecule has 0 aliphatic heterocycles. The molecule has 0 aromatic heterocycles. The van der Waals surface area contributed by atoms with Crippen LogP contribution in [0.2, 0.25) is 44.8 Å². The highest BCUT2D eigenvalue weighted by atomic mass is 32.8. The van der Waals surface area contributed by atoms with Gasteiger partial charge >= 0.3 is 0 Å². The third kappa shape index (κ3) is 11.6. The van der Waals surface area contributed by atoms with Crippen molar-refractivity contribution in [2.24, 2.45) is 11.8 Å². The molecular formula is C15H36OS2Si2. The van der Waals surface area contributed by atoms with Crippen molar-refractivity contribution < 1.29 is 4.43 Å². The maximum Gasteiger partial charge on any atom is 0.186 e. The summed E-state index contributed by atoms with van der Waals surface area (Å²) in [6.45, 7) is 19.8. The van der Waals surface area contributed by atoms with E-state index in [9.17, 15) is 0 Å². The Hall–Kier alpha value is 0.964. The third-order valence-electron chi connectivity index (χ3n) is 3.28. The van der Waals surface area contributed by atoms with Gasteiger partial charge in [-0.05, 0) is 37.9 Å². The van der Waals surface area contributed by atoms with Crippen molar-refractivity contribution in [3.05, 3.63) is 0 Å². The monoisotopic (exact) mass is 352 g/mol. The van der Waals surface area contributed by atoms with Crippen LogP contribution in [-0.2, 0) is 25.1 Å². The average Bonchev–Trinajstić information content (AvgIpc) is 2.10. The van der Waals surface area contributed by atoms with Crippen LogP contribution in [0, 0.1) is 11.8 Å². The van der Waals surface area contributed by atoms with Gasteiger partial charge in [0.15, 0.2) is 8.32 Å². The highest BCUT2D eigenvalue weighted by molar-refractivity contribution is 8.28. The first-order valence-electron chi connectivity index (χ1n) is 7.94. The van der Waals surface area contributed by atoms with E-state index in [2.05, 4.69) is 53.5 Å². The summed E-state index contributed by atoms with van der Waals surface area (Å²) in [5, 5.41) is 0. The standard InChI is InChI=1S/C15H36OS2Si2/c1-9-16-20(7,8)13-15(3)11-18(17)10-14(2)12-19(4,5)6/h14-15H,9-13H2,1-8H3. The second-order valence-electron chi connectivity index (χ2n) is 8.15. The molecule has 0 aromatic rings. The lowest BCUT2D eigenvalue weighted by Crippen LogP contribution is -2.34. The first-order valence-corrected chi connectivity index (χ1v) is 17.2. The summed E-state index contributed by atoms with van der Waals surface area (Å²) in [5.41, 5.74) is 0. The number of rotatable bonds is 10. The van der Waals surface area contributed by atoms with E-state index in [0.29, 0.717) is 0 Å². The highest BCUT2D eigenvalue weighted by Gasteiger charge is 2.25. The largest absolute Gasteiger partial charge is 0.418 e. The van der Waals surface area contributed by atoms with Crippen LogP contribution in [0.1, 0.15) is 20.8 Å². The van der Waals surface area contributed by atoms with Gasteiger partial charge in [-0.1, -0.05) is 50.7 Å². The Kier molecular flexibility index (Phi) is 9.62. The fourth-order valence-corrected chi connectivity index (χ4v) is 11.6. The van der Waals surface area contributed by atoms with Crippen LogP contribution in [-0.4, -0.2) is 34.5 Å². The van der Waals surface area contributed by atoms with Crippen LogP contribution in [0.25, 0.3) is 0 Å². The molecule has 0 aliphatic carbocycles. The SMILES string of the molecule is CCO[Si](C)(C)CC(C)CS(=S)CC(C)C[Si](C)(C)C. The molecule has 0 rings (SSSR count). The van der Waals surface area contributed by atoms with E-state index in [1.54, 1.807) is 0 Å². The predicted molar refractivity (Wildman–Crippen MR) is 105 cm³/mol. The van der Waals surface area contributed by atoms with Crippen LogP contribution in [0.5, 0.6) is 0 Å². The Morgan fingerprint density at radius 3 is 1.80 bits per heavy atom. The highest BCUT2D eigenvalue weighted by Crippen LogP contribution is 2.21. The summed E-state index contributed by atoms with van der Waals surface area (Å²) in [4.78, 5) is 0. The first-order chi connectivity index (χ1) is 8.95. The summed E-state index contributed by atoms with van der Waals surface area (Å²) in [5.74, 6) is 4.00. The van der Waals surface area contributed by atoms with Gasteiger partial charge in [0.2, 0.25) is 0 Å². The average molecular weight is 353 g/mol. The molecule has 0 amide bonds. The van der Waals surface area contributed by atoms with Crippen molar-refractivity contribution in [2.45, 2.75) is 65.6 Å². The number of hydrogen-bond acceptors (Lipinski definition) is 2. The van der Waals surface area contributed by atoms with Crippen LogP contribution in [0.4, 0.5) is 0 Å². The van der Waals surface area contributed by atoms with E-state index < -0.39 is 16.4 Å². The molecule has 0 heterocycles. The van der Waals surface area contributed by atoms with Crippen molar-refractivity contribution in [3.8, 4) is 0 Å². The second-order valence-corrected chi connectivity index (χ2v) is 20.9. The van der Waals surface area contributed by atoms with E-state index >= 15 is 0 Å². The molecule has 1 nitrogen and oxygen atoms in total. The molecule has 0 fully saturated rings. The zero-order valence-electron chi connectivity index (χ0n) is 14.9. The Morgan fingerprint density at radius 1 is 0.950 bits per heavy atom. The van der Waals surface area contributed by atoms with Gasteiger partial charge in [-0.3, -0.25) is 0 Å². The summed E-state index contributed by atoms with van der Waals surface area (Å²) in [6, 6.07) is 2.67. The Balaban J connectivity index is 4.14. The summed E-state index contributed by atoms with van der Waals surface area (Å²) in [6.07, 6.45) is 0. The minimum Gasteiger partial charge on any atom is -0.418 e. The van der Waals surface area contributed by atoms with E-state index in [4.69, 9.17) is 15.6 Å². The molecular weight excluding hydrogens is 316 g/mol. The minimum absolute atomic E-state index is 0.169. The van der Waals surface area contributed by atoms with Crippen LogP contribution >= 0.6 is 0 Å². The van der Waals surface area contributed by atoms with E-state index in [1.165, 1.54) is 23.6 Å². The fourth-order valence-electron chi connectivity index (χ4n) is 3.15. The molecule has 122 valence electrons. The maximum absolute atomic E-state index is 5.94. The predicted octanol–water partition coefficient (Wildman–Crippen LogP) is 4.92. The summed E-state index contributed by atoms with van der Waals surface area (Å²) in [7, 11) is -2.21. The molecule has 20 heavy (non-hydrogen) atoms. The first kappa shape index (κ1) is 21.0. The van der Waals surface area contributed by atoms with Crippen molar-refractivity contribution in [1.82, 2.24) is 0 Å². The molecule has 0 spiro atoms. The zero-order valence-corrected chi connectivity index (χ0v) is 18.5. The molecule has 3 atom stereocenters. The van der Waals surface area contributed by atoms with E-state index in [-0.39, 0.29) is 9.45 Å². The quantitative estimate of drug-likeness (QED) is 0.516. The van der Waals surface area contributed by atoms with Crippen LogP contribution in [0.15, 0.2) is 0 Å². The number of hydrogen-bond donors (Lipinski definition) is 0. The van der Waals surface area contributed by atoms with Gasteiger partial charge in [0.25, 0.3) is 0 Å². The van der Waals surface area contributed by atoms with Gasteiger partial charge in [-0.2, -0.15) is 0 Å². The lowest BCUT2D eigenvalue weighted by atomic mass is 10.3. The zero-order chi connectivity index (χ0) is 16.0. The van der Waals surface area contributed by atoms with Gasteiger partial charge < -0.3 is 4.43 Å². The van der Waals surface area contributed by atoms with Crippen LogP contribution < -0.4 is 0 Å². The van der Waals surface area contributed by atoms with Gasteiger partial charge in [0.05, 0.1) is 0 Å². The van der Waals surface area contributed by atoms with Crippen molar-refractivity contribution in [3.63, 3.8) is 0 Å². The second kappa shape index (κ2) is 9.18. The molecule has 0 radical (unpaired) electrons. The van der Waals surface area contributed by atoms with Gasteiger partial charge in [0.1, 0.15) is 0 Å². The molecule has 3 unspecified atom stereocenters. The van der Waals surface area contributed by atoms with E-state index in [1.807, 2.05) is 0 Å². The summed E-state index contributed by atoms with van der Waals surface area (Å²) < 4.78 is 5.94. The lowest BCUT2D eigenvalue weighted by Gasteiger charge is -2.27. The smallest absolute Gasteiger partial charge is 0.186 e. The maximum atomic E-state index is 5.94. The Labute approximate surface area is 137 Å². The summed E-state index contributed by atoms with van der Waals surface area (Å²) >= 11 is 5.75. The molecule has 0 N–H and O–H groups in total. The van der Waals surface area contributed by atoms with Gasteiger partial charge in [-0.15, -0.1) is 9.45 Å². The molecule has 0 aliphatic rings. The lowest BCUT2D eigenvalue weighted by molar-refractivity contribution is 0.324. The van der Waals surface area contributed by atoms with Crippen molar-refractivity contribution in [1.29, 1.82) is 0 Å². The molecule has 0 saturated heterocycles. The molecule has 0 aromatic carbocycles. The van der Waals surface area contributed by atoms with Gasteiger partial charge in [0, 0.05) is 26.2 Å². The van der Waals surface area contributed by atoms with Crippen molar-refractivity contribution >= 4 is 37.0 Å². The molecule has 0 bridgehead atoms.